The number of benzene rings is 3. The lowest BCUT2D eigenvalue weighted by atomic mass is 10.1. The predicted octanol–water partition coefficient (Wildman–Crippen LogP) is 3.21. The number of hydrogen-bond acceptors (Lipinski definition) is 3. The zero-order chi connectivity index (χ0) is 20.8. The quantitative estimate of drug-likeness (QED) is 0.676. The first kappa shape index (κ1) is 19.8. The fourth-order valence-corrected chi connectivity index (χ4v) is 2.76. The summed E-state index contributed by atoms with van der Waals surface area (Å²) in [6.07, 6.45) is 0. The van der Waals surface area contributed by atoms with Crippen LogP contribution < -0.4 is 16.0 Å². The molecule has 0 aromatic heterocycles. The molecule has 0 atom stereocenters. The van der Waals surface area contributed by atoms with Crippen molar-refractivity contribution in [2.75, 3.05) is 16.8 Å². The van der Waals surface area contributed by atoms with E-state index in [1.807, 2.05) is 0 Å². The fourth-order valence-electron chi connectivity index (χ4n) is 2.76. The number of nitrogens with one attached hydrogen (secondary N) is 1. The molecule has 0 saturated carbocycles. The zero-order valence-electron chi connectivity index (χ0n) is 15.3. The van der Waals surface area contributed by atoms with Crippen LogP contribution in [0.2, 0.25) is 0 Å². The molecule has 7 heteroatoms. The third-order valence-corrected chi connectivity index (χ3v) is 4.15. The molecule has 3 aromatic rings. The molecule has 0 radical (unpaired) electrons. The monoisotopic (exact) mass is 391 g/mol. The van der Waals surface area contributed by atoms with E-state index < -0.39 is 17.6 Å². The molecule has 0 fully saturated rings. The summed E-state index contributed by atoms with van der Waals surface area (Å²) >= 11 is 0. The Morgan fingerprint density at radius 2 is 1.52 bits per heavy atom. The number of para-hydroxylation sites is 1. The van der Waals surface area contributed by atoms with Gasteiger partial charge in [0.25, 0.3) is 11.8 Å². The van der Waals surface area contributed by atoms with Gasteiger partial charge in [-0.1, -0.05) is 36.4 Å². The lowest BCUT2D eigenvalue weighted by molar-refractivity contribution is -0.114. The number of primary amides is 1. The van der Waals surface area contributed by atoms with Gasteiger partial charge in [0.2, 0.25) is 5.91 Å². The maximum atomic E-state index is 13.6. The van der Waals surface area contributed by atoms with Gasteiger partial charge in [-0.3, -0.25) is 19.3 Å². The highest BCUT2D eigenvalue weighted by Gasteiger charge is 2.21. The predicted molar refractivity (Wildman–Crippen MR) is 108 cm³/mol. The van der Waals surface area contributed by atoms with Gasteiger partial charge in [-0.2, -0.15) is 0 Å². The van der Waals surface area contributed by atoms with Gasteiger partial charge in [-0.25, -0.2) is 4.39 Å². The Morgan fingerprint density at radius 3 is 2.14 bits per heavy atom. The van der Waals surface area contributed by atoms with Crippen LogP contribution in [0, 0.1) is 5.82 Å². The number of anilines is 2. The molecule has 0 aliphatic rings. The number of hydrogen-bond donors (Lipinski definition) is 2. The van der Waals surface area contributed by atoms with Gasteiger partial charge in [0.1, 0.15) is 12.4 Å². The van der Waals surface area contributed by atoms with Crippen molar-refractivity contribution < 1.29 is 18.8 Å². The van der Waals surface area contributed by atoms with Gasteiger partial charge in [-0.05, 0) is 42.5 Å². The second kappa shape index (κ2) is 8.79. The lowest BCUT2D eigenvalue weighted by Crippen LogP contribution is -2.38. The van der Waals surface area contributed by atoms with E-state index in [1.165, 1.54) is 11.0 Å². The average Bonchev–Trinajstić information content (AvgIpc) is 2.74. The molecule has 146 valence electrons. The summed E-state index contributed by atoms with van der Waals surface area (Å²) in [6, 6.07) is 20.9. The number of halogens is 1. The summed E-state index contributed by atoms with van der Waals surface area (Å²) in [5.41, 5.74) is 5.98. The number of amides is 3. The maximum Gasteiger partial charge on any atom is 0.258 e. The van der Waals surface area contributed by atoms with E-state index in [1.54, 1.807) is 60.7 Å². The highest BCUT2D eigenvalue weighted by molar-refractivity contribution is 6.10. The van der Waals surface area contributed by atoms with Crippen molar-refractivity contribution in [3.05, 3.63) is 95.8 Å². The summed E-state index contributed by atoms with van der Waals surface area (Å²) in [7, 11) is 0. The van der Waals surface area contributed by atoms with E-state index >= 15 is 0 Å². The van der Waals surface area contributed by atoms with Crippen LogP contribution >= 0.6 is 0 Å². The van der Waals surface area contributed by atoms with Crippen molar-refractivity contribution in [3.8, 4) is 0 Å². The first-order chi connectivity index (χ1) is 14.0. The molecule has 3 aromatic carbocycles. The van der Waals surface area contributed by atoms with Crippen molar-refractivity contribution >= 4 is 29.1 Å². The van der Waals surface area contributed by atoms with Gasteiger partial charge >= 0.3 is 0 Å². The Kier molecular flexibility index (Phi) is 5.99. The van der Waals surface area contributed by atoms with Crippen molar-refractivity contribution in [1.82, 2.24) is 0 Å². The van der Waals surface area contributed by atoms with Crippen LogP contribution in [0.3, 0.4) is 0 Å². The second-order valence-corrected chi connectivity index (χ2v) is 6.20. The molecule has 0 heterocycles. The van der Waals surface area contributed by atoms with Crippen LogP contribution in [0.25, 0.3) is 0 Å². The van der Waals surface area contributed by atoms with Gasteiger partial charge in [0.05, 0.1) is 5.56 Å². The molecule has 0 aliphatic carbocycles. The molecular weight excluding hydrogens is 373 g/mol. The topological polar surface area (TPSA) is 92.5 Å². The number of carbonyl (C=O) groups is 3. The molecule has 3 N–H and O–H groups in total. The Hall–Kier alpha value is -4.00. The Morgan fingerprint density at radius 1 is 0.897 bits per heavy atom. The number of rotatable bonds is 6. The van der Waals surface area contributed by atoms with E-state index in [4.69, 9.17) is 5.73 Å². The van der Waals surface area contributed by atoms with Crippen molar-refractivity contribution in [2.45, 2.75) is 0 Å². The van der Waals surface area contributed by atoms with Gasteiger partial charge < -0.3 is 11.1 Å². The molecule has 6 nitrogen and oxygen atoms in total. The minimum Gasteiger partial charge on any atom is -0.366 e. The van der Waals surface area contributed by atoms with E-state index in [0.29, 0.717) is 11.3 Å². The zero-order valence-corrected chi connectivity index (χ0v) is 15.3. The van der Waals surface area contributed by atoms with E-state index in [-0.39, 0.29) is 23.7 Å². The molecule has 0 spiro atoms. The Balaban J connectivity index is 1.83. The van der Waals surface area contributed by atoms with E-state index in [9.17, 15) is 18.8 Å². The fraction of sp³-hybridized carbons (Fsp3) is 0.0455. The van der Waals surface area contributed by atoms with Crippen LogP contribution in [0.1, 0.15) is 20.7 Å². The van der Waals surface area contributed by atoms with Crippen molar-refractivity contribution in [2.24, 2.45) is 5.73 Å². The Bertz CT molecular complexity index is 1040. The minimum atomic E-state index is -0.941. The van der Waals surface area contributed by atoms with E-state index in [2.05, 4.69) is 5.32 Å². The molecule has 0 bridgehead atoms. The molecule has 0 unspecified atom stereocenters. The molecule has 0 aliphatic heterocycles. The van der Waals surface area contributed by atoms with Crippen LogP contribution in [-0.2, 0) is 4.79 Å². The molecular formula is C22H18FN3O3. The normalized spacial score (nSPS) is 10.2. The first-order valence-electron chi connectivity index (χ1n) is 8.77. The molecule has 29 heavy (non-hydrogen) atoms. The van der Waals surface area contributed by atoms with Crippen LogP contribution in [0.15, 0.2) is 78.9 Å². The third-order valence-electron chi connectivity index (χ3n) is 4.15. The number of nitrogens with two attached hydrogens (primary N) is 1. The standard InChI is InChI=1S/C22H18FN3O3/c23-19-12-11-16(13-18(19)21(24)28)25-20(27)14-26(17-9-5-2-6-10-17)22(29)15-7-3-1-4-8-15/h1-13H,14H2,(H2,24,28)(H,25,27). The molecule has 0 saturated heterocycles. The number of nitrogens with zero attached hydrogens (tertiary/aromatic N) is 1. The lowest BCUT2D eigenvalue weighted by Gasteiger charge is -2.22. The summed E-state index contributed by atoms with van der Waals surface area (Å²) in [4.78, 5) is 38.2. The smallest absolute Gasteiger partial charge is 0.258 e. The van der Waals surface area contributed by atoms with Gasteiger partial charge in [0, 0.05) is 16.9 Å². The molecule has 3 rings (SSSR count). The average molecular weight is 391 g/mol. The first-order valence-corrected chi connectivity index (χ1v) is 8.77. The SMILES string of the molecule is NC(=O)c1cc(NC(=O)CN(C(=O)c2ccccc2)c2ccccc2)ccc1F. The summed E-state index contributed by atoms with van der Waals surface area (Å²) in [5.74, 6) is -2.58. The highest BCUT2D eigenvalue weighted by Crippen LogP contribution is 2.18. The summed E-state index contributed by atoms with van der Waals surface area (Å²) in [5, 5.41) is 2.56. The van der Waals surface area contributed by atoms with Crippen molar-refractivity contribution in [3.63, 3.8) is 0 Å². The van der Waals surface area contributed by atoms with Crippen LogP contribution in [0.5, 0.6) is 0 Å². The second-order valence-electron chi connectivity index (χ2n) is 6.20. The summed E-state index contributed by atoms with van der Waals surface area (Å²) < 4.78 is 13.6. The third kappa shape index (κ3) is 4.84. The highest BCUT2D eigenvalue weighted by atomic mass is 19.1. The molecule has 3 amide bonds. The van der Waals surface area contributed by atoms with Gasteiger partial charge in [0.15, 0.2) is 0 Å². The largest absolute Gasteiger partial charge is 0.366 e. The van der Waals surface area contributed by atoms with E-state index in [0.717, 1.165) is 12.1 Å². The summed E-state index contributed by atoms with van der Waals surface area (Å²) in [6.45, 7) is -0.277. The van der Waals surface area contributed by atoms with Crippen molar-refractivity contribution in [1.29, 1.82) is 0 Å². The Labute approximate surface area is 166 Å². The van der Waals surface area contributed by atoms with Crippen LogP contribution in [0.4, 0.5) is 15.8 Å². The minimum absolute atomic E-state index is 0.199. The number of carbonyl (C=O) groups excluding carboxylic acids is 3. The van der Waals surface area contributed by atoms with Gasteiger partial charge in [-0.15, -0.1) is 0 Å². The van der Waals surface area contributed by atoms with Crippen LogP contribution in [-0.4, -0.2) is 24.3 Å². The maximum absolute atomic E-state index is 13.6.